The summed E-state index contributed by atoms with van der Waals surface area (Å²) in [6, 6.07) is 8.64. The Hall–Kier alpha value is -3.08. The molecule has 3 amide bonds. The minimum atomic E-state index is -1.11. The summed E-state index contributed by atoms with van der Waals surface area (Å²) in [5.74, 6) is -2.09. The summed E-state index contributed by atoms with van der Waals surface area (Å²) in [6.07, 6.45) is 1.95. The van der Waals surface area contributed by atoms with E-state index in [-0.39, 0.29) is 24.9 Å². The first kappa shape index (κ1) is 33.1. The Balaban J connectivity index is 2.15. The Labute approximate surface area is 235 Å². The number of hydrogen-bond acceptors (Lipinski definition) is 5. The number of benzene rings is 2. The topological polar surface area (TPSA) is 123 Å². The molecule has 0 aromatic heterocycles. The van der Waals surface area contributed by atoms with Crippen molar-refractivity contribution >= 4 is 11.9 Å². The number of urea groups is 1. The predicted molar refractivity (Wildman–Crippen MR) is 152 cm³/mol. The van der Waals surface area contributed by atoms with E-state index in [0.717, 1.165) is 43.0 Å². The van der Waals surface area contributed by atoms with E-state index in [1.807, 2.05) is 25.1 Å². The van der Waals surface area contributed by atoms with Crippen molar-refractivity contribution in [3.8, 4) is 0 Å². The predicted octanol–water partition coefficient (Wildman–Crippen LogP) is 3.33. The molecule has 0 aliphatic carbocycles. The lowest BCUT2D eigenvalue weighted by molar-refractivity contribution is -0.124. The summed E-state index contributed by atoms with van der Waals surface area (Å²) >= 11 is 0. The van der Waals surface area contributed by atoms with Gasteiger partial charge in [0, 0.05) is 26.2 Å². The molecule has 0 saturated heterocycles. The van der Waals surface area contributed by atoms with Crippen LogP contribution in [0.15, 0.2) is 42.5 Å². The third-order valence-corrected chi connectivity index (χ3v) is 6.78. The van der Waals surface area contributed by atoms with E-state index in [0.29, 0.717) is 19.4 Å². The van der Waals surface area contributed by atoms with Gasteiger partial charge >= 0.3 is 6.03 Å². The number of carbonyl (C=O) groups excluding carboxylic acids is 2. The molecular formula is C30H44F2N4O4. The molecule has 0 radical (unpaired) electrons. The molecule has 2 rings (SSSR count). The van der Waals surface area contributed by atoms with Crippen molar-refractivity contribution < 1.29 is 28.6 Å². The summed E-state index contributed by atoms with van der Waals surface area (Å²) in [6.45, 7) is 4.67. The van der Waals surface area contributed by atoms with Crippen molar-refractivity contribution in [1.29, 1.82) is 0 Å². The van der Waals surface area contributed by atoms with Gasteiger partial charge in [-0.3, -0.25) is 4.79 Å². The zero-order valence-corrected chi connectivity index (χ0v) is 23.7. The highest BCUT2D eigenvalue weighted by Gasteiger charge is 2.28. The highest BCUT2D eigenvalue weighted by molar-refractivity contribution is 5.87. The number of aliphatic hydroxyl groups is 2. The lowest BCUT2D eigenvalue weighted by atomic mass is 9.99. The standard InChI is InChI=1S/C30H44F2N4O4/c1-4-6-10-25(37)11-12-26(36-30(40)33-3)29(39)35-27(16-22-14-23(31)17-24(32)15-22)28(38)19-34-18-21-9-7-8-20(5-2)13-21/h7-9,13-15,17,25-28,34,37-38H,4-6,10-12,16,18-19H2,1-3H3,(H,35,39)(H2,33,36,40)/t25?,26?,27-,28+/m0/s1. The lowest BCUT2D eigenvalue weighted by Gasteiger charge is -2.28. The second-order valence-electron chi connectivity index (χ2n) is 10.1. The summed E-state index contributed by atoms with van der Waals surface area (Å²) in [4.78, 5) is 25.4. The normalized spacial score (nSPS) is 14.2. The highest BCUT2D eigenvalue weighted by atomic mass is 19.1. The first-order valence-corrected chi connectivity index (χ1v) is 14.0. The van der Waals surface area contributed by atoms with Crippen LogP contribution in [0.4, 0.5) is 13.6 Å². The van der Waals surface area contributed by atoms with Gasteiger partial charge in [0.05, 0.1) is 18.2 Å². The van der Waals surface area contributed by atoms with Crippen molar-refractivity contribution in [2.45, 2.75) is 89.6 Å². The largest absolute Gasteiger partial charge is 0.393 e. The lowest BCUT2D eigenvalue weighted by Crippen LogP contribution is -2.55. The van der Waals surface area contributed by atoms with Crippen LogP contribution in [0.2, 0.25) is 0 Å². The van der Waals surface area contributed by atoms with E-state index >= 15 is 0 Å². The SMILES string of the molecule is CCCCC(O)CCC(NC(=O)NC)C(=O)N[C@@H](Cc1cc(F)cc(F)c1)[C@H](O)CNCc1cccc(CC)c1. The second kappa shape index (κ2) is 17.6. The molecule has 2 aromatic carbocycles. The summed E-state index contributed by atoms with van der Waals surface area (Å²) in [5, 5.41) is 32.3. The van der Waals surface area contributed by atoms with Crippen molar-refractivity contribution in [2.75, 3.05) is 13.6 Å². The Morgan fingerprint density at radius 1 is 0.900 bits per heavy atom. The van der Waals surface area contributed by atoms with Gasteiger partial charge in [-0.15, -0.1) is 0 Å². The zero-order chi connectivity index (χ0) is 29.5. The van der Waals surface area contributed by atoms with Gasteiger partial charge in [0.1, 0.15) is 17.7 Å². The van der Waals surface area contributed by atoms with E-state index < -0.39 is 47.9 Å². The van der Waals surface area contributed by atoms with Crippen molar-refractivity contribution in [3.05, 3.63) is 70.8 Å². The van der Waals surface area contributed by atoms with Gasteiger partial charge in [0.2, 0.25) is 5.91 Å². The van der Waals surface area contributed by atoms with Crippen LogP contribution >= 0.6 is 0 Å². The summed E-state index contributed by atoms with van der Waals surface area (Å²) in [5.41, 5.74) is 2.49. The van der Waals surface area contributed by atoms with Gasteiger partial charge in [-0.25, -0.2) is 13.6 Å². The van der Waals surface area contributed by atoms with Crippen molar-refractivity contribution in [1.82, 2.24) is 21.3 Å². The van der Waals surface area contributed by atoms with Crippen LogP contribution in [0.25, 0.3) is 0 Å². The van der Waals surface area contributed by atoms with E-state index in [2.05, 4.69) is 34.3 Å². The summed E-state index contributed by atoms with van der Waals surface area (Å²) < 4.78 is 27.8. The maximum absolute atomic E-state index is 13.9. The molecule has 0 fully saturated rings. The third-order valence-electron chi connectivity index (χ3n) is 6.78. The van der Waals surface area contributed by atoms with Crippen molar-refractivity contribution in [2.24, 2.45) is 0 Å². The number of amides is 3. The molecule has 0 heterocycles. The maximum atomic E-state index is 13.9. The molecule has 40 heavy (non-hydrogen) atoms. The van der Waals surface area contributed by atoms with E-state index in [4.69, 9.17) is 0 Å². The minimum absolute atomic E-state index is 0.0413. The Bertz CT molecular complexity index is 1050. The first-order valence-electron chi connectivity index (χ1n) is 14.0. The number of halogens is 2. The molecule has 0 saturated carbocycles. The van der Waals surface area contributed by atoms with Crippen LogP contribution in [0, 0.1) is 11.6 Å². The van der Waals surface area contributed by atoms with Crippen molar-refractivity contribution in [3.63, 3.8) is 0 Å². The fourth-order valence-corrected chi connectivity index (χ4v) is 4.46. The van der Waals surface area contributed by atoms with Crippen LogP contribution in [0.3, 0.4) is 0 Å². The molecule has 0 spiro atoms. The fourth-order valence-electron chi connectivity index (χ4n) is 4.46. The van der Waals surface area contributed by atoms with Crippen LogP contribution in [-0.4, -0.2) is 60.0 Å². The summed E-state index contributed by atoms with van der Waals surface area (Å²) in [7, 11) is 1.42. The number of hydrogen-bond donors (Lipinski definition) is 6. The molecule has 222 valence electrons. The van der Waals surface area contributed by atoms with Gasteiger partial charge in [0.15, 0.2) is 0 Å². The molecule has 0 aliphatic rings. The number of rotatable bonds is 17. The van der Waals surface area contributed by atoms with Crippen LogP contribution in [-0.2, 0) is 24.2 Å². The number of unbranched alkanes of at least 4 members (excludes halogenated alkanes) is 1. The average Bonchev–Trinajstić information content (AvgIpc) is 2.92. The third kappa shape index (κ3) is 12.0. The Morgan fingerprint density at radius 2 is 1.60 bits per heavy atom. The van der Waals surface area contributed by atoms with Gasteiger partial charge in [0.25, 0.3) is 0 Å². The molecule has 10 heteroatoms. The number of aliphatic hydroxyl groups excluding tert-OH is 2. The van der Waals surface area contributed by atoms with Crippen LogP contribution in [0.1, 0.15) is 62.6 Å². The molecule has 4 atom stereocenters. The minimum Gasteiger partial charge on any atom is -0.393 e. The van der Waals surface area contributed by atoms with Gasteiger partial charge in [-0.1, -0.05) is 51.0 Å². The average molecular weight is 563 g/mol. The number of carbonyl (C=O) groups is 2. The molecule has 6 N–H and O–H groups in total. The zero-order valence-electron chi connectivity index (χ0n) is 23.7. The second-order valence-corrected chi connectivity index (χ2v) is 10.1. The first-order chi connectivity index (χ1) is 19.1. The van der Waals surface area contributed by atoms with Crippen LogP contribution in [0.5, 0.6) is 0 Å². The van der Waals surface area contributed by atoms with Gasteiger partial charge in [-0.05, 0) is 60.9 Å². The smallest absolute Gasteiger partial charge is 0.315 e. The Morgan fingerprint density at radius 3 is 2.25 bits per heavy atom. The molecule has 0 aliphatic heterocycles. The van der Waals surface area contributed by atoms with E-state index in [9.17, 15) is 28.6 Å². The maximum Gasteiger partial charge on any atom is 0.315 e. The molecular weight excluding hydrogens is 518 g/mol. The molecule has 2 aromatic rings. The van der Waals surface area contributed by atoms with Gasteiger partial charge in [-0.2, -0.15) is 0 Å². The molecule has 8 nitrogen and oxygen atoms in total. The Kier molecular flexibility index (Phi) is 14.6. The van der Waals surface area contributed by atoms with E-state index in [1.54, 1.807) is 0 Å². The molecule has 0 bridgehead atoms. The monoisotopic (exact) mass is 562 g/mol. The quantitative estimate of drug-likeness (QED) is 0.177. The highest BCUT2D eigenvalue weighted by Crippen LogP contribution is 2.14. The number of aryl methyl sites for hydroxylation is 1. The van der Waals surface area contributed by atoms with Gasteiger partial charge < -0.3 is 31.5 Å². The molecule has 2 unspecified atom stereocenters. The fraction of sp³-hybridized carbons (Fsp3) is 0.533. The van der Waals surface area contributed by atoms with E-state index in [1.165, 1.54) is 12.6 Å². The number of nitrogens with one attached hydrogen (secondary N) is 4. The van der Waals surface area contributed by atoms with Crippen LogP contribution < -0.4 is 21.3 Å².